The summed E-state index contributed by atoms with van der Waals surface area (Å²) >= 11 is 0. The van der Waals surface area contributed by atoms with E-state index in [0.29, 0.717) is 6.10 Å². The van der Waals surface area contributed by atoms with Gasteiger partial charge in [-0.05, 0) is 33.0 Å². The molecule has 2 rings (SSSR count). The third kappa shape index (κ3) is 2.42. The second-order valence-electron chi connectivity index (χ2n) is 4.59. The normalized spacial score (nSPS) is 32.3. The highest BCUT2D eigenvalue weighted by atomic mass is 16.5. The summed E-state index contributed by atoms with van der Waals surface area (Å²) in [4.78, 5) is 4.69. The van der Waals surface area contributed by atoms with Crippen molar-refractivity contribution in [2.75, 3.05) is 46.9 Å². The number of likely N-dealkylation sites (tertiary alicyclic amines) is 2. The summed E-state index contributed by atoms with van der Waals surface area (Å²) in [6.07, 6.45) is 1.84. The first-order valence-electron chi connectivity index (χ1n) is 5.22. The Morgan fingerprint density at radius 2 is 1.92 bits per heavy atom. The fourth-order valence-electron chi connectivity index (χ4n) is 2.18. The summed E-state index contributed by atoms with van der Waals surface area (Å²) in [7, 11) is 4.33. The van der Waals surface area contributed by atoms with Gasteiger partial charge in [-0.15, -0.1) is 0 Å². The fraction of sp³-hybridized carbons (Fsp3) is 1.00. The van der Waals surface area contributed by atoms with Gasteiger partial charge in [-0.2, -0.15) is 0 Å². The average Bonchev–Trinajstić information content (AvgIpc) is 2.43. The first-order chi connectivity index (χ1) is 6.24. The smallest absolute Gasteiger partial charge is 0.0828 e. The largest absolute Gasteiger partial charge is 0.375 e. The third-order valence-electron chi connectivity index (χ3n) is 3.09. The lowest BCUT2D eigenvalue weighted by atomic mass is 10.1. The lowest BCUT2D eigenvalue weighted by Crippen LogP contribution is -2.50. The predicted molar refractivity (Wildman–Crippen MR) is 52.8 cm³/mol. The van der Waals surface area contributed by atoms with Crippen molar-refractivity contribution in [2.24, 2.45) is 5.92 Å². The van der Waals surface area contributed by atoms with Gasteiger partial charge in [-0.25, -0.2) is 0 Å². The van der Waals surface area contributed by atoms with Gasteiger partial charge in [-0.3, -0.25) is 0 Å². The number of rotatable bonds is 3. The minimum Gasteiger partial charge on any atom is -0.375 e. The van der Waals surface area contributed by atoms with Crippen molar-refractivity contribution < 1.29 is 4.74 Å². The van der Waals surface area contributed by atoms with Crippen LogP contribution in [0.15, 0.2) is 0 Å². The molecule has 13 heavy (non-hydrogen) atoms. The van der Waals surface area contributed by atoms with E-state index in [1.165, 1.54) is 19.5 Å². The molecule has 0 saturated carbocycles. The summed E-state index contributed by atoms with van der Waals surface area (Å²) in [6.45, 7) is 5.70. The quantitative estimate of drug-likeness (QED) is 0.626. The molecule has 0 aromatic heterocycles. The van der Waals surface area contributed by atoms with Gasteiger partial charge in [0.25, 0.3) is 0 Å². The van der Waals surface area contributed by atoms with Gasteiger partial charge in [0.2, 0.25) is 0 Å². The van der Waals surface area contributed by atoms with Crippen molar-refractivity contribution in [3.8, 4) is 0 Å². The molecule has 0 spiro atoms. The van der Waals surface area contributed by atoms with E-state index in [1.54, 1.807) is 0 Å². The molecular weight excluding hydrogens is 164 g/mol. The Bertz CT molecular complexity index is 168. The molecule has 0 aliphatic carbocycles. The molecule has 0 amide bonds. The maximum atomic E-state index is 5.81. The summed E-state index contributed by atoms with van der Waals surface area (Å²) in [6, 6.07) is 0. The Balaban J connectivity index is 1.58. The zero-order chi connectivity index (χ0) is 9.26. The van der Waals surface area contributed by atoms with Crippen LogP contribution in [-0.4, -0.2) is 62.8 Å². The maximum absolute atomic E-state index is 5.81. The van der Waals surface area contributed by atoms with Crippen LogP contribution in [0.1, 0.15) is 6.42 Å². The molecule has 1 unspecified atom stereocenters. The molecule has 0 radical (unpaired) electrons. The molecule has 3 heteroatoms. The minimum absolute atomic E-state index is 0.524. The zero-order valence-corrected chi connectivity index (χ0v) is 8.70. The van der Waals surface area contributed by atoms with Crippen LogP contribution in [0.5, 0.6) is 0 Å². The highest BCUT2D eigenvalue weighted by molar-refractivity contribution is 4.79. The lowest BCUT2D eigenvalue weighted by molar-refractivity contribution is -0.0543. The summed E-state index contributed by atoms with van der Waals surface area (Å²) in [5.74, 6) is 0.788. The van der Waals surface area contributed by atoms with Gasteiger partial charge in [0.15, 0.2) is 0 Å². The Labute approximate surface area is 80.6 Å². The van der Waals surface area contributed by atoms with Gasteiger partial charge in [-0.1, -0.05) is 0 Å². The Morgan fingerprint density at radius 3 is 2.46 bits per heavy atom. The lowest BCUT2D eigenvalue weighted by Gasteiger charge is -2.36. The van der Waals surface area contributed by atoms with Gasteiger partial charge in [0.05, 0.1) is 12.7 Å². The molecule has 1 atom stereocenters. The van der Waals surface area contributed by atoms with E-state index in [2.05, 4.69) is 23.9 Å². The van der Waals surface area contributed by atoms with Gasteiger partial charge >= 0.3 is 0 Å². The van der Waals surface area contributed by atoms with Gasteiger partial charge in [0.1, 0.15) is 0 Å². The van der Waals surface area contributed by atoms with Gasteiger partial charge in [0, 0.05) is 19.6 Å². The van der Waals surface area contributed by atoms with E-state index in [-0.39, 0.29) is 0 Å². The molecule has 0 bridgehead atoms. The zero-order valence-electron chi connectivity index (χ0n) is 8.70. The van der Waals surface area contributed by atoms with Crippen LogP contribution in [-0.2, 0) is 4.74 Å². The van der Waals surface area contributed by atoms with Crippen LogP contribution in [0.25, 0.3) is 0 Å². The second-order valence-corrected chi connectivity index (χ2v) is 4.59. The van der Waals surface area contributed by atoms with Crippen LogP contribution >= 0.6 is 0 Å². The van der Waals surface area contributed by atoms with Gasteiger partial charge < -0.3 is 14.5 Å². The van der Waals surface area contributed by atoms with Crippen molar-refractivity contribution >= 4 is 0 Å². The molecule has 2 aliphatic heterocycles. The topological polar surface area (TPSA) is 15.7 Å². The molecule has 2 aliphatic rings. The van der Waals surface area contributed by atoms with Crippen molar-refractivity contribution in [1.82, 2.24) is 9.80 Å². The van der Waals surface area contributed by atoms with E-state index < -0.39 is 0 Å². The Hall–Kier alpha value is -0.120. The van der Waals surface area contributed by atoms with Crippen molar-refractivity contribution in [3.05, 3.63) is 0 Å². The molecule has 0 N–H and O–H groups in total. The average molecular weight is 184 g/mol. The first kappa shape index (κ1) is 9.44. The van der Waals surface area contributed by atoms with E-state index in [4.69, 9.17) is 4.74 Å². The van der Waals surface area contributed by atoms with Crippen molar-refractivity contribution in [2.45, 2.75) is 12.5 Å². The van der Waals surface area contributed by atoms with Crippen molar-refractivity contribution in [3.63, 3.8) is 0 Å². The monoisotopic (exact) mass is 184 g/mol. The van der Waals surface area contributed by atoms with Crippen LogP contribution < -0.4 is 0 Å². The van der Waals surface area contributed by atoms with E-state index in [1.807, 2.05) is 0 Å². The number of ether oxygens (including phenoxy) is 1. The summed E-state index contributed by atoms with van der Waals surface area (Å²) in [5, 5.41) is 0. The van der Waals surface area contributed by atoms with Crippen LogP contribution in [0.3, 0.4) is 0 Å². The number of hydrogen-bond acceptors (Lipinski definition) is 3. The van der Waals surface area contributed by atoms with Crippen LogP contribution in [0.2, 0.25) is 0 Å². The molecule has 2 saturated heterocycles. The van der Waals surface area contributed by atoms with E-state index in [9.17, 15) is 0 Å². The molecule has 3 nitrogen and oxygen atoms in total. The molecular formula is C10H20N2O. The Morgan fingerprint density at radius 1 is 1.15 bits per heavy atom. The standard InChI is InChI=1S/C10H20N2O/c1-11-4-3-9(5-11)8-13-10-6-12(2)7-10/h9-10H,3-8H2,1-2H3. The number of likely N-dealkylation sites (N-methyl/N-ethyl adjacent to an activating group) is 1. The van der Waals surface area contributed by atoms with Crippen LogP contribution in [0.4, 0.5) is 0 Å². The number of hydrogen-bond donors (Lipinski definition) is 0. The molecule has 76 valence electrons. The Kier molecular flexibility index (Phi) is 2.86. The van der Waals surface area contributed by atoms with Crippen molar-refractivity contribution in [1.29, 1.82) is 0 Å². The number of nitrogens with zero attached hydrogens (tertiary/aromatic N) is 2. The predicted octanol–water partition coefficient (Wildman–Crippen LogP) is 0.269. The molecule has 0 aromatic rings. The second kappa shape index (κ2) is 3.95. The summed E-state index contributed by atoms with van der Waals surface area (Å²) in [5.41, 5.74) is 0. The molecule has 2 heterocycles. The first-order valence-corrected chi connectivity index (χ1v) is 5.22. The fourth-order valence-corrected chi connectivity index (χ4v) is 2.18. The van der Waals surface area contributed by atoms with E-state index in [0.717, 1.165) is 25.6 Å². The molecule has 2 fully saturated rings. The maximum Gasteiger partial charge on any atom is 0.0828 e. The highest BCUT2D eigenvalue weighted by Gasteiger charge is 2.26. The highest BCUT2D eigenvalue weighted by Crippen LogP contribution is 2.17. The van der Waals surface area contributed by atoms with Crippen LogP contribution in [0, 0.1) is 5.92 Å². The minimum atomic E-state index is 0.524. The SMILES string of the molecule is CN1CCC(COC2CN(C)C2)C1. The molecule has 0 aromatic carbocycles. The van der Waals surface area contributed by atoms with E-state index >= 15 is 0 Å². The summed E-state index contributed by atoms with van der Waals surface area (Å²) < 4.78 is 5.81. The third-order valence-corrected chi connectivity index (χ3v) is 3.09.